The van der Waals surface area contributed by atoms with Gasteiger partial charge in [-0.2, -0.15) is 14.0 Å². The highest BCUT2D eigenvalue weighted by Crippen LogP contribution is 2.34. The predicted molar refractivity (Wildman–Crippen MR) is 120 cm³/mol. The summed E-state index contributed by atoms with van der Waals surface area (Å²) in [6.45, 7) is -2.92. The van der Waals surface area contributed by atoms with Gasteiger partial charge < -0.3 is 10.6 Å². The number of nitrogens with zero attached hydrogens (tertiary/aromatic N) is 6. The van der Waals surface area contributed by atoms with E-state index in [2.05, 4.69) is 26.0 Å². The molecule has 0 spiro atoms. The van der Waals surface area contributed by atoms with Crippen molar-refractivity contribution in [1.82, 2.24) is 24.4 Å². The number of imidazole rings is 1. The Morgan fingerprint density at radius 2 is 1.94 bits per heavy atom. The largest absolute Gasteiger partial charge is 0.435 e. The van der Waals surface area contributed by atoms with Crippen molar-refractivity contribution < 1.29 is 18.3 Å². The van der Waals surface area contributed by atoms with Gasteiger partial charge in [0, 0.05) is 17.4 Å². The van der Waals surface area contributed by atoms with Crippen LogP contribution in [0.2, 0.25) is 0 Å². The van der Waals surface area contributed by atoms with E-state index < -0.39 is 12.5 Å². The highest BCUT2D eigenvalue weighted by Gasteiger charge is 2.31. The summed E-state index contributed by atoms with van der Waals surface area (Å²) in [4.78, 5) is 17.3. The Balaban J connectivity index is 1.36. The molecule has 0 fully saturated rings. The monoisotopic (exact) mass is 479 g/mol. The first-order valence-corrected chi connectivity index (χ1v) is 10.9. The Morgan fingerprint density at radius 1 is 1.18 bits per heavy atom. The minimum absolute atomic E-state index is 0.0129. The van der Waals surface area contributed by atoms with Gasteiger partial charge in [-0.05, 0) is 42.0 Å². The maximum atomic E-state index is 12.8. The van der Waals surface area contributed by atoms with Crippen LogP contribution in [-0.4, -0.2) is 42.7 Å². The lowest BCUT2D eigenvalue weighted by molar-refractivity contribution is -0.0498. The van der Waals surface area contributed by atoms with E-state index in [-0.39, 0.29) is 17.4 Å². The molecule has 0 bridgehead atoms. The maximum Gasteiger partial charge on any atom is 0.387 e. The van der Waals surface area contributed by atoms with Gasteiger partial charge in [0.05, 0.1) is 17.1 Å². The van der Waals surface area contributed by atoms with Gasteiger partial charge in [-0.3, -0.25) is 9.36 Å². The number of fused-ring (bicyclic) bond motifs is 3. The Hall–Kier alpha value is -4.24. The number of rotatable bonds is 6. The quantitative estimate of drug-likeness (QED) is 0.329. The molecule has 2 aromatic carbocycles. The van der Waals surface area contributed by atoms with Gasteiger partial charge in [0.25, 0.3) is 5.91 Å². The van der Waals surface area contributed by atoms with Crippen LogP contribution in [-0.2, 0) is 0 Å². The van der Waals surface area contributed by atoms with Crippen molar-refractivity contribution >= 4 is 28.7 Å². The maximum absolute atomic E-state index is 12.8. The van der Waals surface area contributed by atoms with Crippen molar-refractivity contribution in [2.45, 2.75) is 17.7 Å². The molecule has 1 unspecified atom stereocenters. The van der Waals surface area contributed by atoms with Crippen LogP contribution in [0.4, 0.5) is 8.78 Å². The number of carbonyl (C=O) groups is 1. The molecule has 9 nitrogen and oxygen atoms in total. The van der Waals surface area contributed by atoms with E-state index in [4.69, 9.17) is 5.84 Å². The Labute approximate surface area is 195 Å². The minimum atomic E-state index is -2.92. The molecule has 34 heavy (non-hydrogen) atoms. The number of allylic oxidation sites excluding steroid dienone is 1. The van der Waals surface area contributed by atoms with Gasteiger partial charge in [-0.15, -0.1) is 10.2 Å². The van der Waals surface area contributed by atoms with Crippen LogP contribution in [0.25, 0.3) is 22.4 Å². The predicted octanol–water partition coefficient (Wildman–Crippen LogP) is 3.59. The molecule has 0 saturated heterocycles. The molecule has 3 heterocycles. The second-order valence-corrected chi connectivity index (χ2v) is 8.22. The van der Waals surface area contributed by atoms with E-state index in [1.165, 1.54) is 51.3 Å². The van der Waals surface area contributed by atoms with Crippen LogP contribution >= 0.6 is 11.8 Å². The molecule has 1 atom stereocenters. The fourth-order valence-electron chi connectivity index (χ4n) is 3.71. The topological polar surface area (TPSA) is 125 Å². The molecule has 12 heteroatoms. The minimum Gasteiger partial charge on any atom is -0.435 e. The van der Waals surface area contributed by atoms with E-state index in [9.17, 15) is 18.8 Å². The molecule has 1 aliphatic rings. The Kier molecular flexibility index (Phi) is 5.46. The number of benzene rings is 2. The van der Waals surface area contributed by atoms with E-state index >= 15 is 0 Å². The van der Waals surface area contributed by atoms with Crippen molar-refractivity contribution in [3.8, 4) is 23.2 Å². The van der Waals surface area contributed by atoms with Crippen molar-refractivity contribution in [2.24, 2.45) is 0 Å². The van der Waals surface area contributed by atoms with Crippen LogP contribution in [0.3, 0.4) is 0 Å². The van der Waals surface area contributed by atoms with Crippen LogP contribution < -0.4 is 10.6 Å². The number of nitriles is 1. The smallest absolute Gasteiger partial charge is 0.387 e. The highest BCUT2D eigenvalue weighted by molar-refractivity contribution is 7.99. The van der Waals surface area contributed by atoms with Gasteiger partial charge >= 0.3 is 6.61 Å². The average Bonchev–Trinajstić information content (AvgIpc) is 3.39. The zero-order valence-corrected chi connectivity index (χ0v) is 18.1. The van der Waals surface area contributed by atoms with Gasteiger partial charge in [0.15, 0.2) is 5.82 Å². The molecule has 0 radical (unpaired) electrons. The summed E-state index contributed by atoms with van der Waals surface area (Å²) < 4.78 is 31.7. The molecule has 2 N–H and O–H groups in total. The van der Waals surface area contributed by atoms with Gasteiger partial charge in [0.1, 0.15) is 17.5 Å². The van der Waals surface area contributed by atoms with Crippen molar-refractivity contribution in [1.29, 1.82) is 5.26 Å². The first kappa shape index (κ1) is 21.6. The Morgan fingerprint density at radius 3 is 2.68 bits per heavy atom. The van der Waals surface area contributed by atoms with Crippen LogP contribution in [0.15, 0.2) is 65.3 Å². The van der Waals surface area contributed by atoms with Gasteiger partial charge in [0.2, 0.25) is 5.16 Å². The summed E-state index contributed by atoms with van der Waals surface area (Å²) in [5, 5.41) is 18.3. The summed E-state index contributed by atoms with van der Waals surface area (Å²) >= 11 is 1.22. The number of alkyl halides is 2. The van der Waals surface area contributed by atoms with E-state index in [0.29, 0.717) is 39.0 Å². The molecular weight excluding hydrogens is 464 g/mol. The number of aromatic nitrogens is 5. The number of hydrogen-bond donors (Lipinski definition) is 1. The second-order valence-electron chi connectivity index (χ2n) is 7.28. The first-order chi connectivity index (χ1) is 16.5. The molecule has 1 aliphatic heterocycles. The van der Waals surface area contributed by atoms with Crippen molar-refractivity contribution in [3.05, 3.63) is 66.0 Å². The van der Waals surface area contributed by atoms with E-state index in [1.807, 2.05) is 12.1 Å². The lowest BCUT2D eigenvalue weighted by atomic mass is 9.98. The third kappa shape index (κ3) is 3.75. The molecule has 0 amide bonds. The molecule has 5 rings (SSSR count). The van der Waals surface area contributed by atoms with Gasteiger partial charge in [-0.25, -0.2) is 9.66 Å². The fourth-order valence-corrected chi connectivity index (χ4v) is 4.58. The van der Waals surface area contributed by atoms with E-state index in [1.54, 1.807) is 12.1 Å². The zero-order valence-electron chi connectivity index (χ0n) is 17.3. The fraction of sp³-hybridized carbons (Fsp3) is 0.136. The zero-order chi connectivity index (χ0) is 23.8. The molecule has 0 aliphatic carbocycles. The first-order valence-electron chi connectivity index (χ1n) is 9.96. The number of hydrogen-bond acceptors (Lipinski definition) is 8. The second kappa shape index (κ2) is 8.60. The number of nitrogens with two attached hydrogens (primary N) is 1. The van der Waals surface area contributed by atoms with E-state index in [0.717, 1.165) is 0 Å². The molecule has 0 saturated carbocycles. The molecule has 4 aromatic rings. The molecule has 170 valence electrons. The van der Waals surface area contributed by atoms with Crippen molar-refractivity contribution in [2.75, 3.05) is 11.6 Å². The summed E-state index contributed by atoms with van der Waals surface area (Å²) in [5.74, 6) is 6.15. The number of carbonyl (C=O) groups excluding carboxylic acids is 1. The van der Waals surface area contributed by atoms with Crippen LogP contribution in [0.1, 0.15) is 16.5 Å². The average molecular weight is 479 g/mol. The van der Waals surface area contributed by atoms with Gasteiger partial charge in [-0.1, -0.05) is 23.9 Å². The van der Waals surface area contributed by atoms with Crippen molar-refractivity contribution in [3.63, 3.8) is 0 Å². The number of thioether (sulfide) groups is 1. The standard InChI is InChI=1S/C22H15F2N7O2S/c23-21(24)33-14-7-5-12(6-8-14)19-28-29-22(31(19)26)34-11-13-9-18(32)30-17-4-2-1-3-16(17)27-20(30)15(13)10-25/h1-9,15,21H,11,26H2. The number of para-hydroxylation sites is 2. The third-order valence-electron chi connectivity index (χ3n) is 5.24. The SMILES string of the molecule is N#CC1C(CSc2nnc(-c3ccc(OC(F)F)cc3)n2N)=CC(=O)n2c1nc1ccccc12. The Bertz CT molecular complexity index is 1470. The highest BCUT2D eigenvalue weighted by atomic mass is 32.2. The lowest BCUT2D eigenvalue weighted by Gasteiger charge is -2.19. The lowest BCUT2D eigenvalue weighted by Crippen LogP contribution is -2.22. The summed E-state index contributed by atoms with van der Waals surface area (Å²) in [7, 11) is 0. The third-order valence-corrected chi connectivity index (χ3v) is 6.26. The number of ether oxygens (including phenoxy) is 1. The summed E-state index contributed by atoms with van der Waals surface area (Å²) in [6, 6.07) is 15.3. The normalized spacial score (nSPS) is 15.3. The molecule has 2 aromatic heterocycles. The van der Waals surface area contributed by atoms with Crippen LogP contribution in [0, 0.1) is 11.3 Å². The summed E-state index contributed by atoms with van der Waals surface area (Å²) in [6.07, 6.45) is 1.45. The number of halogens is 2. The molecular formula is C22H15F2N7O2S. The summed E-state index contributed by atoms with van der Waals surface area (Å²) in [5.41, 5.74) is 2.43. The van der Waals surface area contributed by atoms with Crippen LogP contribution in [0.5, 0.6) is 5.75 Å². The number of nitrogen functional groups attached to an aromatic ring is 1.